The van der Waals surface area contributed by atoms with Crippen LogP contribution in [-0.4, -0.2) is 19.3 Å². The van der Waals surface area contributed by atoms with Crippen LogP contribution in [0.4, 0.5) is 0 Å². The second kappa shape index (κ2) is 6.38. The molecule has 2 aromatic carbocycles. The Kier molecular flexibility index (Phi) is 4.28. The van der Waals surface area contributed by atoms with Gasteiger partial charge >= 0.3 is 0 Å². The van der Waals surface area contributed by atoms with Crippen LogP contribution < -0.4 is 10.5 Å². The number of fused-ring (bicyclic) bond motifs is 1. The zero-order valence-corrected chi connectivity index (χ0v) is 13.5. The predicted octanol–water partition coefficient (Wildman–Crippen LogP) is 1.81. The number of benzene rings is 2. The zero-order chi connectivity index (χ0) is 17.2. The first kappa shape index (κ1) is 16.1. The van der Waals surface area contributed by atoms with Crippen molar-refractivity contribution in [3.8, 4) is 0 Å². The monoisotopic (exact) mass is 341 g/mol. The molecule has 0 aliphatic carbocycles. The summed E-state index contributed by atoms with van der Waals surface area (Å²) >= 11 is 0. The number of rotatable bonds is 4. The van der Waals surface area contributed by atoms with E-state index >= 15 is 0 Å². The Balaban J connectivity index is 1.70. The van der Waals surface area contributed by atoms with Crippen LogP contribution in [0, 0.1) is 0 Å². The molecule has 0 atom stereocenters. The lowest BCUT2D eigenvalue weighted by molar-refractivity contribution is 0.0951. The van der Waals surface area contributed by atoms with Crippen LogP contribution in [0.5, 0.6) is 0 Å². The van der Waals surface area contributed by atoms with Crippen LogP contribution >= 0.6 is 0 Å². The Morgan fingerprint density at radius 2 is 1.83 bits per heavy atom. The Labute approximate surface area is 139 Å². The lowest BCUT2D eigenvalue weighted by atomic mass is 10.1. The van der Waals surface area contributed by atoms with Crippen LogP contribution in [0.15, 0.2) is 65.7 Å². The summed E-state index contributed by atoms with van der Waals surface area (Å²) in [5.41, 5.74) is 2.14. The molecule has 3 aromatic rings. The highest BCUT2D eigenvalue weighted by molar-refractivity contribution is 7.89. The molecular weight excluding hydrogens is 326 g/mol. The van der Waals surface area contributed by atoms with Crippen molar-refractivity contribution < 1.29 is 13.2 Å². The van der Waals surface area contributed by atoms with Gasteiger partial charge in [-0.3, -0.25) is 9.78 Å². The van der Waals surface area contributed by atoms with E-state index in [0.29, 0.717) is 5.56 Å². The minimum absolute atomic E-state index is 0.0413. The van der Waals surface area contributed by atoms with Gasteiger partial charge in [-0.25, -0.2) is 13.6 Å². The van der Waals surface area contributed by atoms with Gasteiger partial charge in [0, 0.05) is 23.7 Å². The van der Waals surface area contributed by atoms with Crippen LogP contribution in [0.25, 0.3) is 10.9 Å². The highest BCUT2D eigenvalue weighted by Gasteiger charge is 2.09. The third-order valence-electron chi connectivity index (χ3n) is 3.57. The summed E-state index contributed by atoms with van der Waals surface area (Å²) in [6.07, 6.45) is 1.70. The standard InChI is InChI=1S/C17H15N3O3S/c18-24(22,23)15-6-3-12(4-7-15)11-20-17(21)14-5-8-16-13(10-14)2-1-9-19-16/h1-10H,11H2,(H,20,21)(H2,18,22,23). The van der Waals surface area contributed by atoms with Gasteiger partial charge in [0.25, 0.3) is 5.91 Å². The van der Waals surface area contributed by atoms with Gasteiger partial charge in [-0.1, -0.05) is 18.2 Å². The van der Waals surface area contributed by atoms with Gasteiger partial charge < -0.3 is 5.32 Å². The van der Waals surface area contributed by atoms with Crippen molar-refractivity contribution in [3.05, 3.63) is 71.9 Å². The number of carbonyl (C=O) groups is 1. The molecule has 7 heteroatoms. The maximum Gasteiger partial charge on any atom is 0.251 e. The van der Waals surface area contributed by atoms with Crippen molar-refractivity contribution in [1.82, 2.24) is 10.3 Å². The van der Waals surface area contributed by atoms with Gasteiger partial charge in [0.2, 0.25) is 10.0 Å². The molecule has 0 aliphatic heterocycles. The molecule has 1 amide bonds. The summed E-state index contributed by atoms with van der Waals surface area (Å²) in [5, 5.41) is 8.74. The van der Waals surface area contributed by atoms with E-state index in [1.165, 1.54) is 12.1 Å². The molecule has 0 radical (unpaired) electrons. The van der Waals surface area contributed by atoms with Gasteiger partial charge in [-0.2, -0.15) is 0 Å². The van der Waals surface area contributed by atoms with Crippen molar-refractivity contribution in [2.75, 3.05) is 0 Å². The van der Waals surface area contributed by atoms with Crippen molar-refractivity contribution in [1.29, 1.82) is 0 Å². The first-order valence-corrected chi connectivity index (χ1v) is 8.73. The van der Waals surface area contributed by atoms with Crippen molar-refractivity contribution in [2.45, 2.75) is 11.4 Å². The smallest absolute Gasteiger partial charge is 0.251 e. The number of amides is 1. The molecule has 3 rings (SSSR count). The maximum atomic E-state index is 12.2. The number of primary sulfonamides is 1. The largest absolute Gasteiger partial charge is 0.348 e. The number of aromatic nitrogens is 1. The molecule has 0 aliphatic rings. The third kappa shape index (κ3) is 3.58. The first-order valence-electron chi connectivity index (χ1n) is 7.18. The number of hydrogen-bond donors (Lipinski definition) is 2. The Morgan fingerprint density at radius 3 is 2.54 bits per heavy atom. The molecule has 0 saturated heterocycles. The minimum atomic E-state index is -3.71. The number of nitrogens with zero attached hydrogens (tertiary/aromatic N) is 1. The average Bonchev–Trinajstić information content (AvgIpc) is 2.59. The molecule has 0 saturated carbocycles. The summed E-state index contributed by atoms with van der Waals surface area (Å²) in [6, 6.07) is 15.1. The summed E-state index contributed by atoms with van der Waals surface area (Å²) < 4.78 is 22.4. The average molecular weight is 341 g/mol. The van der Waals surface area contributed by atoms with Crippen LogP contribution in [0.3, 0.4) is 0 Å². The van der Waals surface area contributed by atoms with Gasteiger partial charge in [-0.15, -0.1) is 0 Å². The second-order valence-electron chi connectivity index (χ2n) is 5.28. The summed E-state index contributed by atoms with van der Waals surface area (Å²) in [6.45, 7) is 0.287. The summed E-state index contributed by atoms with van der Waals surface area (Å²) in [5.74, 6) is -0.212. The van der Waals surface area contributed by atoms with Gasteiger partial charge in [0.1, 0.15) is 0 Å². The molecule has 0 bridgehead atoms. The van der Waals surface area contributed by atoms with E-state index < -0.39 is 10.0 Å². The highest BCUT2D eigenvalue weighted by atomic mass is 32.2. The normalized spacial score (nSPS) is 11.4. The second-order valence-corrected chi connectivity index (χ2v) is 6.84. The number of carbonyl (C=O) groups excluding carboxylic acids is 1. The van der Waals surface area contributed by atoms with E-state index in [0.717, 1.165) is 16.5 Å². The molecule has 122 valence electrons. The molecule has 0 unspecified atom stereocenters. The number of nitrogens with two attached hydrogens (primary N) is 1. The zero-order valence-electron chi connectivity index (χ0n) is 12.6. The van der Waals surface area contributed by atoms with Gasteiger partial charge in [0.05, 0.1) is 10.4 Å². The maximum absolute atomic E-state index is 12.2. The molecule has 0 spiro atoms. The summed E-state index contributed by atoms with van der Waals surface area (Å²) in [4.78, 5) is 16.5. The van der Waals surface area contributed by atoms with Crippen molar-refractivity contribution in [3.63, 3.8) is 0 Å². The van der Waals surface area contributed by atoms with E-state index in [-0.39, 0.29) is 17.3 Å². The molecule has 1 heterocycles. The fourth-order valence-corrected chi connectivity index (χ4v) is 2.81. The number of pyridine rings is 1. The fraction of sp³-hybridized carbons (Fsp3) is 0.0588. The Morgan fingerprint density at radius 1 is 1.08 bits per heavy atom. The fourth-order valence-electron chi connectivity index (χ4n) is 2.30. The van der Waals surface area contributed by atoms with Gasteiger partial charge in [0.15, 0.2) is 0 Å². The number of nitrogens with one attached hydrogen (secondary N) is 1. The number of sulfonamides is 1. The molecule has 3 N–H and O–H groups in total. The predicted molar refractivity (Wildman–Crippen MR) is 90.7 cm³/mol. The number of hydrogen-bond acceptors (Lipinski definition) is 4. The van der Waals surface area contributed by atoms with E-state index in [9.17, 15) is 13.2 Å². The Bertz CT molecular complexity index is 999. The minimum Gasteiger partial charge on any atom is -0.348 e. The lowest BCUT2D eigenvalue weighted by Crippen LogP contribution is -2.22. The lowest BCUT2D eigenvalue weighted by Gasteiger charge is -2.07. The third-order valence-corrected chi connectivity index (χ3v) is 4.50. The molecule has 24 heavy (non-hydrogen) atoms. The van der Waals surface area contributed by atoms with Crippen LogP contribution in [0.2, 0.25) is 0 Å². The molecular formula is C17H15N3O3S. The molecule has 6 nitrogen and oxygen atoms in total. The Hall–Kier alpha value is -2.77. The first-order chi connectivity index (χ1) is 11.4. The summed E-state index contributed by atoms with van der Waals surface area (Å²) in [7, 11) is -3.71. The van der Waals surface area contributed by atoms with E-state index in [1.54, 1.807) is 36.5 Å². The topological polar surface area (TPSA) is 102 Å². The van der Waals surface area contributed by atoms with Crippen LogP contribution in [-0.2, 0) is 16.6 Å². The SMILES string of the molecule is NS(=O)(=O)c1ccc(CNC(=O)c2ccc3ncccc3c2)cc1. The van der Waals surface area contributed by atoms with Crippen molar-refractivity contribution in [2.24, 2.45) is 5.14 Å². The van der Waals surface area contributed by atoms with Gasteiger partial charge in [-0.05, 0) is 42.0 Å². The molecule has 0 fully saturated rings. The quantitative estimate of drug-likeness (QED) is 0.755. The van der Waals surface area contributed by atoms with Crippen LogP contribution in [0.1, 0.15) is 15.9 Å². The van der Waals surface area contributed by atoms with E-state index in [4.69, 9.17) is 5.14 Å². The molecule has 1 aromatic heterocycles. The van der Waals surface area contributed by atoms with E-state index in [1.807, 2.05) is 12.1 Å². The van der Waals surface area contributed by atoms with E-state index in [2.05, 4.69) is 10.3 Å². The van der Waals surface area contributed by atoms with Crippen molar-refractivity contribution >= 4 is 26.8 Å². The highest BCUT2D eigenvalue weighted by Crippen LogP contribution is 2.14.